The van der Waals surface area contributed by atoms with Crippen molar-refractivity contribution in [2.24, 2.45) is 10.9 Å². The van der Waals surface area contributed by atoms with Crippen LogP contribution in [0.3, 0.4) is 0 Å². The molecule has 0 saturated heterocycles. The summed E-state index contributed by atoms with van der Waals surface area (Å²) in [5.74, 6) is -0.328. The summed E-state index contributed by atoms with van der Waals surface area (Å²) < 4.78 is 5.12. The maximum absolute atomic E-state index is 12.6. The number of para-hydroxylation sites is 1. The number of anilines is 1. The van der Waals surface area contributed by atoms with Gasteiger partial charge in [0.05, 0.1) is 12.0 Å². The summed E-state index contributed by atoms with van der Waals surface area (Å²) in [5, 5.41) is 5.58. The predicted molar refractivity (Wildman–Crippen MR) is 98.1 cm³/mol. The Bertz CT molecular complexity index is 836. The number of amides is 2. The van der Waals surface area contributed by atoms with Gasteiger partial charge in [0.2, 0.25) is 6.17 Å². The lowest BCUT2D eigenvalue weighted by atomic mass is 9.83. The van der Waals surface area contributed by atoms with Crippen molar-refractivity contribution in [3.05, 3.63) is 54.0 Å². The molecule has 0 bridgehead atoms. The molecule has 1 unspecified atom stereocenters. The highest BCUT2D eigenvalue weighted by atomic mass is 16.3. The topological polar surface area (TPSA) is 83.7 Å². The molecule has 1 fully saturated rings. The van der Waals surface area contributed by atoms with Crippen LogP contribution in [0.15, 0.2) is 52.1 Å². The number of nitrogens with one attached hydrogen (secondary N) is 2. The molecular weight excluding hydrogens is 330 g/mol. The van der Waals surface area contributed by atoms with Crippen LogP contribution >= 0.6 is 0 Å². The van der Waals surface area contributed by atoms with Crippen LogP contribution in [0.1, 0.15) is 48.2 Å². The summed E-state index contributed by atoms with van der Waals surface area (Å²) in [4.78, 5) is 29.7. The Morgan fingerprint density at radius 1 is 1.12 bits per heavy atom. The van der Waals surface area contributed by atoms with E-state index in [2.05, 4.69) is 10.6 Å². The summed E-state index contributed by atoms with van der Waals surface area (Å²) in [5.41, 5.74) is 2.60. The molecule has 2 aliphatic rings. The monoisotopic (exact) mass is 351 g/mol. The van der Waals surface area contributed by atoms with Crippen LogP contribution in [-0.4, -0.2) is 23.7 Å². The lowest BCUT2D eigenvalue weighted by Crippen LogP contribution is -2.42. The maximum Gasteiger partial charge on any atom is 0.289 e. The van der Waals surface area contributed by atoms with Crippen LogP contribution in [-0.2, 0) is 4.79 Å². The summed E-state index contributed by atoms with van der Waals surface area (Å²) in [6, 6.07) is 10.9. The third kappa shape index (κ3) is 3.27. The van der Waals surface area contributed by atoms with Gasteiger partial charge in [-0.3, -0.25) is 14.6 Å². The van der Waals surface area contributed by atoms with Crippen LogP contribution in [0.25, 0.3) is 0 Å². The van der Waals surface area contributed by atoms with E-state index < -0.39 is 12.1 Å². The van der Waals surface area contributed by atoms with Gasteiger partial charge in [0.1, 0.15) is 0 Å². The van der Waals surface area contributed by atoms with Gasteiger partial charge in [-0.15, -0.1) is 0 Å². The number of hydrogen-bond acceptors (Lipinski definition) is 4. The highest BCUT2D eigenvalue weighted by Crippen LogP contribution is 2.31. The Morgan fingerprint density at radius 3 is 2.69 bits per heavy atom. The molecule has 134 valence electrons. The van der Waals surface area contributed by atoms with E-state index in [1.54, 1.807) is 12.1 Å². The van der Waals surface area contributed by atoms with Gasteiger partial charge in [0.15, 0.2) is 5.76 Å². The first-order valence-corrected chi connectivity index (χ1v) is 9.05. The fourth-order valence-corrected chi connectivity index (χ4v) is 3.69. The third-order valence-corrected chi connectivity index (χ3v) is 4.98. The largest absolute Gasteiger partial charge is 0.459 e. The van der Waals surface area contributed by atoms with Crippen molar-refractivity contribution in [1.29, 1.82) is 0 Å². The number of hydrogen-bond donors (Lipinski definition) is 2. The lowest BCUT2D eigenvalue weighted by molar-refractivity contribution is -0.117. The summed E-state index contributed by atoms with van der Waals surface area (Å²) in [6.45, 7) is 0. The molecule has 0 radical (unpaired) electrons. The molecular formula is C20H21N3O3. The standard InChI is InChI=1S/C20H21N3O3/c24-19(16-11-6-12-26-16)23-18-20(25)21-15-10-5-4-9-14(15)17(22-18)13-7-2-1-3-8-13/h4-6,9-13,18H,1-3,7-8H2,(H,21,25)(H,23,24). The molecule has 2 N–H and O–H groups in total. The number of nitrogens with zero attached hydrogens (tertiary/aromatic N) is 1. The molecule has 6 nitrogen and oxygen atoms in total. The first-order valence-electron chi connectivity index (χ1n) is 9.05. The molecule has 1 aliphatic carbocycles. The highest BCUT2D eigenvalue weighted by Gasteiger charge is 2.30. The van der Waals surface area contributed by atoms with Crippen molar-refractivity contribution in [1.82, 2.24) is 5.32 Å². The Hall–Kier alpha value is -2.89. The number of furan rings is 1. The van der Waals surface area contributed by atoms with E-state index in [1.165, 1.54) is 12.7 Å². The van der Waals surface area contributed by atoms with Crippen molar-refractivity contribution in [2.75, 3.05) is 5.32 Å². The van der Waals surface area contributed by atoms with E-state index in [9.17, 15) is 9.59 Å². The molecule has 1 aromatic heterocycles. The Morgan fingerprint density at radius 2 is 1.92 bits per heavy atom. The quantitative estimate of drug-likeness (QED) is 0.889. The third-order valence-electron chi connectivity index (χ3n) is 4.98. The molecule has 2 heterocycles. The Labute approximate surface area is 151 Å². The van der Waals surface area contributed by atoms with Crippen molar-refractivity contribution in [3.8, 4) is 0 Å². The molecule has 26 heavy (non-hydrogen) atoms. The second-order valence-corrected chi connectivity index (χ2v) is 6.74. The van der Waals surface area contributed by atoms with E-state index in [4.69, 9.17) is 9.41 Å². The second-order valence-electron chi connectivity index (χ2n) is 6.74. The minimum Gasteiger partial charge on any atom is -0.459 e. The van der Waals surface area contributed by atoms with Gasteiger partial charge < -0.3 is 15.1 Å². The second kappa shape index (κ2) is 7.15. The molecule has 1 saturated carbocycles. The average Bonchev–Trinajstić information content (AvgIpc) is 3.17. The van der Waals surface area contributed by atoms with E-state index in [0.717, 1.165) is 42.6 Å². The lowest BCUT2D eigenvalue weighted by Gasteiger charge is -2.24. The van der Waals surface area contributed by atoms with Crippen LogP contribution in [0.4, 0.5) is 5.69 Å². The molecule has 1 aromatic carbocycles. The zero-order chi connectivity index (χ0) is 17.9. The molecule has 6 heteroatoms. The minimum absolute atomic E-state index is 0.161. The molecule has 2 aromatic rings. The zero-order valence-corrected chi connectivity index (χ0v) is 14.4. The van der Waals surface area contributed by atoms with Crippen molar-refractivity contribution in [2.45, 2.75) is 38.3 Å². The first-order chi connectivity index (χ1) is 12.7. The zero-order valence-electron chi connectivity index (χ0n) is 14.4. The van der Waals surface area contributed by atoms with E-state index >= 15 is 0 Å². The van der Waals surface area contributed by atoms with Gasteiger partial charge in [-0.2, -0.15) is 0 Å². The van der Waals surface area contributed by atoms with Crippen molar-refractivity contribution >= 4 is 23.2 Å². The molecule has 1 aliphatic heterocycles. The fraction of sp³-hybridized carbons (Fsp3) is 0.350. The van der Waals surface area contributed by atoms with Crippen LogP contribution in [0.5, 0.6) is 0 Å². The molecule has 2 amide bonds. The SMILES string of the molecule is O=C(NC1N=C(C2CCCCC2)c2ccccc2NC1=O)c1ccco1. The number of rotatable bonds is 3. The predicted octanol–water partition coefficient (Wildman–Crippen LogP) is 3.36. The van der Waals surface area contributed by atoms with E-state index in [0.29, 0.717) is 5.92 Å². The van der Waals surface area contributed by atoms with Gasteiger partial charge >= 0.3 is 0 Å². The van der Waals surface area contributed by atoms with Crippen molar-refractivity contribution in [3.63, 3.8) is 0 Å². The van der Waals surface area contributed by atoms with Crippen LogP contribution in [0, 0.1) is 5.92 Å². The van der Waals surface area contributed by atoms with Crippen LogP contribution in [0.2, 0.25) is 0 Å². The van der Waals surface area contributed by atoms with Gasteiger partial charge in [-0.1, -0.05) is 37.5 Å². The molecule has 0 spiro atoms. The van der Waals surface area contributed by atoms with Gasteiger partial charge in [-0.25, -0.2) is 0 Å². The van der Waals surface area contributed by atoms with Gasteiger partial charge in [0.25, 0.3) is 11.8 Å². The summed E-state index contributed by atoms with van der Waals surface area (Å²) >= 11 is 0. The number of carbonyl (C=O) groups excluding carboxylic acids is 2. The highest BCUT2D eigenvalue weighted by molar-refractivity contribution is 6.13. The van der Waals surface area contributed by atoms with Gasteiger partial charge in [-0.05, 0) is 31.0 Å². The fourth-order valence-electron chi connectivity index (χ4n) is 3.69. The molecule has 1 atom stereocenters. The smallest absolute Gasteiger partial charge is 0.289 e. The maximum atomic E-state index is 12.6. The summed E-state index contributed by atoms with van der Waals surface area (Å²) in [7, 11) is 0. The number of aliphatic imine (C=N–C) groups is 1. The van der Waals surface area contributed by atoms with E-state index in [-0.39, 0.29) is 11.7 Å². The van der Waals surface area contributed by atoms with Crippen LogP contribution < -0.4 is 10.6 Å². The number of benzodiazepines with no additional fused rings is 1. The number of fused-ring (bicyclic) bond motifs is 1. The first kappa shape index (κ1) is 16.6. The average molecular weight is 351 g/mol. The summed E-state index contributed by atoms with van der Waals surface area (Å²) in [6.07, 6.45) is 6.13. The number of carbonyl (C=O) groups is 2. The number of benzene rings is 1. The normalized spacial score (nSPS) is 20.5. The Balaban J connectivity index is 1.68. The Kier molecular flexibility index (Phi) is 4.56. The van der Waals surface area contributed by atoms with Crippen molar-refractivity contribution < 1.29 is 14.0 Å². The van der Waals surface area contributed by atoms with E-state index in [1.807, 2.05) is 24.3 Å². The molecule has 4 rings (SSSR count). The minimum atomic E-state index is -0.975. The van der Waals surface area contributed by atoms with Gasteiger partial charge in [0, 0.05) is 17.2 Å².